The lowest BCUT2D eigenvalue weighted by Gasteiger charge is -2.14. The van der Waals surface area contributed by atoms with Gasteiger partial charge in [-0.3, -0.25) is 0 Å². The van der Waals surface area contributed by atoms with Crippen LogP contribution in [-0.2, 0) is 6.54 Å². The first-order valence-corrected chi connectivity index (χ1v) is 6.36. The summed E-state index contributed by atoms with van der Waals surface area (Å²) < 4.78 is 13.2. The minimum Gasteiger partial charge on any atom is -0.312 e. The number of hydrogen-bond acceptors (Lipinski definition) is 2. The highest BCUT2D eigenvalue weighted by molar-refractivity contribution is 5.23. The first kappa shape index (κ1) is 12.5. The molecule has 1 saturated carbocycles. The lowest BCUT2D eigenvalue weighted by molar-refractivity contribution is 0.498. The molecule has 0 aliphatic heterocycles. The largest absolute Gasteiger partial charge is 0.312 e. The Balaban J connectivity index is 1.75. The molecule has 1 aliphatic carbocycles. The maximum absolute atomic E-state index is 13.2. The van der Waals surface area contributed by atoms with Gasteiger partial charge in [-0.1, -0.05) is 6.07 Å². The van der Waals surface area contributed by atoms with E-state index in [-0.39, 0.29) is 5.82 Å². The van der Waals surface area contributed by atoms with Crippen molar-refractivity contribution in [1.82, 2.24) is 10.6 Å². The molecule has 0 radical (unpaired) electrons. The van der Waals surface area contributed by atoms with Gasteiger partial charge < -0.3 is 10.6 Å². The molecule has 17 heavy (non-hydrogen) atoms. The van der Waals surface area contributed by atoms with Crippen LogP contribution in [0.25, 0.3) is 0 Å². The molecule has 2 rings (SSSR count). The van der Waals surface area contributed by atoms with Crippen molar-refractivity contribution in [2.24, 2.45) is 0 Å². The zero-order chi connectivity index (χ0) is 12.3. The van der Waals surface area contributed by atoms with Gasteiger partial charge in [-0.05, 0) is 49.9 Å². The third-order valence-electron chi connectivity index (χ3n) is 3.05. The van der Waals surface area contributed by atoms with Crippen LogP contribution in [-0.4, -0.2) is 18.6 Å². The molecule has 0 amide bonds. The van der Waals surface area contributed by atoms with Gasteiger partial charge in [0.15, 0.2) is 0 Å². The molecule has 0 saturated heterocycles. The minimum absolute atomic E-state index is 0.148. The van der Waals surface area contributed by atoms with Crippen molar-refractivity contribution >= 4 is 0 Å². The maximum atomic E-state index is 13.2. The van der Waals surface area contributed by atoms with Crippen LogP contribution < -0.4 is 10.6 Å². The Labute approximate surface area is 103 Å². The van der Waals surface area contributed by atoms with Crippen LogP contribution in [0.15, 0.2) is 18.2 Å². The van der Waals surface area contributed by atoms with E-state index in [2.05, 4.69) is 17.6 Å². The van der Waals surface area contributed by atoms with Crippen molar-refractivity contribution in [3.8, 4) is 0 Å². The second-order valence-corrected chi connectivity index (χ2v) is 5.10. The Morgan fingerprint density at radius 1 is 1.35 bits per heavy atom. The van der Waals surface area contributed by atoms with Crippen molar-refractivity contribution in [2.75, 3.05) is 6.54 Å². The fourth-order valence-corrected chi connectivity index (χ4v) is 1.91. The van der Waals surface area contributed by atoms with Gasteiger partial charge >= 0.3 is 0 Å². The summed E-state index contributed by atoms with van der Waals surface area (Å²) in [5, 5.41) is 6.89. The quantitative estimate of drug-likeness (QED) is 0.792. The average Bonchev–Trinajstić information content (AvgIpc) is 3.06. The highest BCUT2D eigenvalue weighted by Gasteiger charge is 2.20. The molecule has 1 aromatic rings. The van der Waals surface area contributed by atoms with Crippen LogP contribution in [0, 0.1) is 12.7 Å². The smallest absolute Gasteiger partial charge is 0.123 e. The van der Waals surface area contributed by atoms with Crippen LogP contribution in [0.2, 0.25) is 0 Å². The van der Waals surface area contributed by atoms with E-state index in [1.54, 1.807) is 12.1 Å². The van der Waals surface area contributed by atoms with Crippen molar-refractivity contribution in [1.29, 1.82) is 0 Å². The van der Waals surface area contributed by atoms with Crippen LogP contribution in [0.5, 0.6) is 0 Å². The topological polar surface area (TPSA) is 24.1 Å². The Bertz CT molecular complexity index is 354. The second kappa shape index (κ2) is 5.61. The highest BCUT2D eigenvalue weighted by Crippen LogP contribution is 2.18. The molecule has 1 aliphatic rings. The Hall–Kier alpha value is -0.930. The van der Waals surface area contributed by atoms with E-state index < -0.39 is 0 Å². The van der Waals surface area contributed by atoms with Crippen molar-refractivity contribution in [2.45, 2.75) is 45.3 Å². The summed E-state index contributed by atoms with van der Waals surface area (Å²) in [4.78, 5) is 0. The van der Waals surface area contributed by atoms with Crippen LogP contribution in [0.4, 0.5) is 4.39 Å². The first-order chi connectivity index (χ1) is 8.13. The van der Waals surface area contributed by atoms with Crippen LogP contribution in [0.3, 0.4) is 0 Å². The standard InChI is InChI=1S/C14H21FN2/c1-10-5-12(7-13(15)6-10)9-16-11(2)8-17-14-3-4-14/h5-7,11,14,16-17H,3-4,8-9H2,1-2H3. The zero-order valence-electron chi connectivity index (χ0n) is 10.6. The Kier molecular flexibility index (Phi) is 4.13. The van der Waals surface area contributed by atoms with Crippen LogP contribution in [0.1, 0.15) is 30.9 Å². The molecule has 0 spiro atoms. The molecule has 0 heterocycles. The lowest BCUT2D eigenvalue weighted by Crippen LogP contribution is -2.36. The van der Waals surface area contributed by atoms with E-state index in [1.165, 1.54) is 12.8 Å². The van der Waals surface area contributed by atoms with Crippen molar-refractivity contribution < 1.29 is 4.39 Å². The summed E-state index contributed by atoms with van der Waals surface area (Å²) in [6.07, 6.45) is 2.63. The summed E-state index contributed by atoms with van der Waals surface area (Å²) in [7, 11) is 0. The van der Waals surface area contributed by atoms with E-state index >= 15 is 0 Å². The van der Waals surface area contributed by atoms with E-state index in [0.29, 0.717) is 6.04 Å². The molecular formula is C14H21FN2. The minimum atomic E-state index is -0.148. The van der Waals surface area contributed by atoms with E-state index in [1.807, 2.05) is 13.0 Å². The summed E-state index contributed by atoms with van der Waals surface area (Å²) in [6, 6.07) is 6.34. The summed E-state index contributed by atoms with van der Waals surface area (Å²) >= 11 is 0. The third-order valence-corrected chi connectivity index (χ3v) is 3.05. The molecule has 1 atom stereocenters. The molecule has 0 aromatic heterocycles. The number of aryl methyl sites for hydroxylation is 1. The Morgan fingerprint density at radius 3 is 2.76 bits per heavy atom. The van der Waals surface area contributed by atoms with E-state index in [9.17, 15) is 4.39 Å². The van der Waals surface area contributed by atoms with Gasteiger partial charge in [-0.25, -0.2) is 4.39 Å². The molecule has 1 unspecified atom stereocenters. The van der Waals surface area contributed by atoms with Gasteiger partial charge in [0.2, 0.25) is 0 Å². The molecule has 0 bridgehead atoms. The lowest BCUT2D eigenvalue weighted by atomic mass is 10.1. The van der Waals surface area contributed by atoms with Gasteiger partial charge in [-0.15, -0.1) is 0 Å². The fourth-order valence-electron chi connectivity index (χ4n) is 1.91. The SMILES string of the molecule is Cc1cc(F)cc(CNC(C)CNC2CC2)c1. The van der Waals surface area contributed by atoms with Crippen LogP contribution >= 0.6 is 0 Å². The second-order valence-electron chi connectivity index (χ2n) is 5.10. The highest BCUT2D eigenvalue weighted by atomic mass is 19.1. The van der Waals surface area contributed by atoms with E-state index in [4.69, 9.17) is 0 Å². The van der Waals surface area contributed by atoms with E-state index in [0.717, 1.165) is 30.3 Å². The monoisotopic (exact) mass is 236 g/mol. The summed E-state index contributed by atoms with van der Waals surface area (Å²) in [5.74, 6) is -0.148. The third kappa shape index (κ3) is 4.44. The number of halogens is 1. The van der Waals surface area contributed by atoms with Gasteiger partial charge in [0.05, 0.1) is 0 Å². The molecule has 1 fully saturated rings. The normalized spacial score (nSPS) is 17.1. The van der Waals surface area contributed by atoms with Gasteiger partial charge in [0.1, 0.15) is 5.82 Å². The van der Waals surface area contributed by atoms with Crippen molar-refractivity contribution in [3.05, 3.63) is 35.1 Å². The summed E-state index contributed by atoms with van der Waals surface area (Å²) in [5.41, 5.74) is 1.99. The number of rotatable bonds is 6. The molecule has 2 nitrogen and oxygen atoms in total. The average molecular weight is 236 g/mol. The number of benzene rings is 1. The molecule has 2 N–H and O–H groups in total. The summed E-state index contributed by atoms with van der Waals surface area (Å²) in [6.45, 7) is 5.79. The van der Waals surface area contributed by atoms with Crippen molar-refractivity contribution in [3.63, 3.8) is 0 Å². The number of hydrogen-bond donors (Lipinski definition) is 2. The molecular weight excluding hydrogens is 215 g/mol. The Morgan fingerprint density at radius 2 is 2.12 bits per heavy atom. The van der Waals surface area contributed by atoms with Gasteiger partial charge in [-0.2, -0.15) is 0 Å². The molecule has 1 aromatic carbocycles. The zero-order valence-corrected chi connectivity index (χ0v) is 10.6. The first-order valence-electron chi connectivity index (χ1n) is 6.36. The number of nitrogens with one attached hydrogen (secondary N) is 2. The maximum Gasteiger partial charge on any atom is 0.123 e. The fraction of sp³-hybridized carbons (Fsp3) is 0.571. The predicted octanol–water partition coefficient (Wildman–Crippen LogP) is 2.36. The molecule has 3 heteroatoms. The predicted molar refractivity (Wildman–Crippen MR) is 68.5 cm³/mol. The van der Waals surface area contributed by atoms with Gasteiger partial charge in [0.25, 0.3) is 0 Å². The molecule has 94 valence electrons. The van der Waals surface area contributed by atoms with Gasteiger partial charge in [0, 0.05) is 25.2 Å².